The number of carbonyl (C=O) groups is 2. The second-order valence-corrected chi connectivity index (χ2v) is 5.07. The van der Waals surface area contributed by atoms with E-state index in [2.05, 4.69) is 15.6 Å². The number of nitrogens with zero attached hydrogens (tertiary/aromatic N) is 1. The van der Waals surface area contributed by atoms with Crippen LogP contribution in [0.2, 0.25) is 0 Å². The first-order chi connectivity index (χ1) is 8.29. The third-order valence-corrected chi connectivity index (χ3v) is 2.04. The van der Waals surface area contributed by atoms with E-state index in [1.807, 2.05) is 20.8 Å². The van der Waals surface area contributed by atoms with Gasteiger partial charge in [0.1, 0.15) is 0 Å². The Balaban J connectivity index is 2.68. The number of aromatic nitrogens is 1. The highest BCUT2D eigenvalue weighted by molar-refractivity contribution is 5.98. The molecule has 0 atom stereocenters. The summed E-state index contributed by atoms with van der Waals surface area (Å²) >= 11 is 0. The summed E-state index contributed by atoms with van der Waals surface area (Å²) in [7, 11) is 0. The standard InChI is InChI=1S/C12H17N3O3/c1-12(2,3)7-14-11(18)15-8-5-4-6-13-9(8)10(16)17/h4-6H,7H2,1-3H3,(H,16,17)(H2,14,15,18). The van der Waals surface area contributed by atoms with Gasteiger partial charge in [0.15, 0.2) is 5.69 Å². The number of nitrogens with one attached hydrogen (secondary N) is 2. The zero-order valence-corrected chi connectivity index (χ0v) is 10.7. The maximum atomic E-state index is 11.6. The predicted octanol–water partition coefficient (Wildman–Crippen LogP) is 1.95. The number of hydrogen-bond donors (Lipinski definition) is 3. The van der Waals surface area contributed by atoms with Crippen molar-refractivity contribution in [2.75, 3.05) is 11.9 Å². The Bertz CT molecular complexity index is 452. The summed E-state index contributed by atoms with van der Waals surface area (Å²) in [6.45, 7) is 6.45. The largest absolute Gasteiger partial charge is 0.476 e. The highest BCUT2D eigenvalue weighted by Gasteiger charge is 2.15. The lowest BCUT2D eigenvalue weighted by molar-refractivity contribution is 0.0691. The Kier molecular flexibility index (Phi) is 4.25. The van der Waals surface area contributed by atoms with Gasteiger partial charge in [-0.25, -0.2) is 14.6 Å². The van der Waals surface area contributed by atoms with Crippen molar-refractivity contribution in [3.63, 3.8) is 0 Å². The van der Waals surface area contributed by atoms with E-state index in [4.69, 9.17) is 5.11 Å². The molecule has 0 aliphatic heterocycles. The number of amides is 2. The van der Waals surface area contributed by atoms with Crippen molar-refractivity contribution in [2.45, 2.75) is 20.8 Å². The molecule has 3 N–H and O–H groups in total. The topological polar surface area (TPSA) is 91.3 Å². The molecular weight excluding hydrogens is 234 g/mol. The van der Waals surface area contributed by atoms with Crippen LogP contribution in [0.4, 0.5) is 10.5 Å². The molecule has 0 aliphatic rings. The molecule has 0 aromatic carbocycles. The first-order valence-electron chi connectivity index (χ1n) is 5.53. The van der Waals surface area contributed by atoms with Gasteiger partial charge in [0, 0.05) is 12.7 Å². The van der Waals surface area contributed by atoms with Gasteiger partial charge < -0.3 is 15.7 Å². The Morgan fingerprint density at radius 1 is 1.39 bits per heavy atom. The van der Waals surface area contributed by atoms with Gasteiger partial charge in [-0.1, -0.05) is 20.8 Å². The van der Waals surface area contributed by atoms with Gasteiger partial charge in [0.05, 0.1) is 5.69 Å². The van der Waals surface area contributed by atoms with Gasteiger partial charge in [0.2, 0.25) is 0 Å². The third-order valence-electron chi connectivity index (χ3n) is 2.04. The van der Waals surface area contributed by atoms with E-state index in [9.17, 15) is 9.59 Å². The van der Waals surface area contributed by atoms with E-state index < -0.39 is 12.0 Å². The van der Waals surface area contributed by atoms with Gasteiger partial charge in [-0.3, -0.25) is 0 Å². The molecule has 0 aliphatic carbocycles. The molecule has 2 amide bonds. The Morgan fingerprint density at radius 3 is 2.61 bits per heavy atom. The van der Waals surface area contributed by atoms with E-state index in [1.165, 1.54) is 12.3 Å². The molecule has 0 saturated heterocycles. The van der Waals surface area contributed by atoms with Crippen LogP contribution in [0.1, 0.15) is 31.3 Å². The molecule has 0 saturated carbocycles. The minimum absolute atomic E-state index is 0.0398. The molecule has 18 heavy (non-hydrogen) atoms. The molecule has 0 bridgehead atoms. The summed E-state index contributed by atoms with van der Waals surface area (Å²) in [6.07, 6.45) is 1.36. The molecule has 6 nitrogen and oxygen atoms in total. The van der Waals surface area contributed by atoms with Crippen molar-refractivity contribution < 1.29 is 14.7 Å². The summed E-state index contributed by atoms with van der Waals surface area (Å²) in [5.74, 6) is -1.18. The monoisotopic (exact) mass is 251 g/mol. The van der Waals surface area contributed by atoms with Crippen molar-refractivity contribution in [3.8, 4) is 0 Å². The minimum atomic E-state index is -1.18. The smallest absolute Gasteiger partial charge is 0.356 e. The van der Waals surface area contributed by atoms with Crippen LogP contribution >= 0.6 is 0 Å². The second kappa shape index (κ2) is 5.48. The Morgan fingerprint density at radius 2 is 2.06 bits per heavy atom. The number of aromatic carboxylic acids is 1. The lowest BCUT2D eigenvalue weighted by Gasteiger charge is -2.19. The van der Waals surface area contributed by atoms with E-state index in [-0.39, 0.29) is 16.8 Å². The number of carbonyl (C=O) groups excluding carboxylic acids is 1. The molecule has 1 heterocycles. The summed E-state index contributed by atoms with van der Waals surface area (Å²) in [6, 6.07) is 2.61. The SMILES string of the molecule is CC(C)(C)CNC(=O)Nc1cccnc1C(=O)O. The van der Waals surface area contributed by atoms with Crippen LogP contribution in [0.5, 0.6) is 0 Å². The fourth-order valence-corrected chi connectivity index (χ4v) is 1.19. The average molecular weight is 251 g/mol. The summed E-state index contributed by atoms with van der Waals surface area (Å²) in [5, 5.41) is 14.0. The lowest BCUT2D eigenvalue weighted by Crippen LogP contribution is -2.35. The van der Waals surface area contributed by atoms with Crippen LogP contribution in [0, 0.1) is 5.41 Å². The van der Waals surface area contributed by atoms with Crippen molar-refractivity contribution in [3.05, 3.63) is 24.0 Å². The fraction of sp³-hybridized carbons (Fsp3) is 0.417. The van der Waals surface area contributed by atoms with Crippen molar-refractivity contribution in [1.82, 2.24) is 10.3 Å². The lowest BCUT2D eigenvalue weighted by atomic mass is 9.97. The Hall–Kier alpha value is -2.11. The first kappa shape index (κ1) is 14.0. The highest BCUT2D eigenvalue weighted by atomic mass is 16.4. The molecule has 1 aromatic heterocycles. The predicted molar refractivity (Wildman–Crippen MR) is 67.7 cm³/mol. The quantitative estimate of drug-likeness (QED) is 0.765. The van der Waals surface area contributed by atoms with Gasteiger partial charge in [-0.15, -0.1) is 0 Å². The van der Waals surface area contributed by atoms with Gasteiger partial charge in [-0.05, 0) is 17.5 Å². The molecule has 0 fully saturated rings. The number of urea groups is 1. The first-order valence-corrected chi connectivity index (χ1v) is 5.53. The molecule has 1 aromatic rings. The van der Waals surface area contributed by atoms with E-state index >= 15 is 0 Å². The van der Waals surface area contributed by atoms with Gasteiger partial charge in [0.25, 0.3) is 0 Å². The van der Waals surface area contributed by atoms with Crippen LogP contribution in [-0.2, 0) is 0 Å². The van der Waals surface area contributed by atoms with Crippen LogP contribution in [0.15, 0.2) is 18.3 Å². The number of carboxylic acid groups (broad SMARTS) is 1. The van der Waals surface area contributed by atoms with Crippen molar-refractivity contribution >= 4 is 17.7 Å². The van der Waals surface area contributed by atoms with Crippen LogP contribution in [0.25, 0.3) is 0 Å². The molecular formula is C12H17N3O3. The van der Waals surface area contributed by atoms with Crippen molar-refractivity contribution in [1.29, 1.82) is 0 Å². The fourth-order valence-electron chi connectivity index (χ4n) is 1.19. The summed E-state index contributed by atoms with van der Waals surface area (Å²) in [4.78, 5) is 26.2. The van der Waals surface area contributed by atoms with Crippen LogP contribution in [-0.4, -0.2) is 28.6 Å². The molecule has 1 rings (SSSR count). The zero-order chi connectivity index (χ0) is 13.8. The normalized spacial score (nSPS) is 10.8. The average Bonchev–Trinajstić information content (AvgIpc) is 2.26. The maximum Gasteiger partial charge on any atom is 0.356 e. The van der Waals surface area contributed by atoms with Crippen LogP contribution < -0.4 is 10.6 Å². The number of rotatable bonds is 3. The number of carboxylic acids is 1. The second-order valence-electron chi connectivity index (χ2n) is 5.07. The van der Waals surface area contributed by atoms with E-state index in [0.717, 1.165) is 0 Å². The summed E-state index contributed by atoms with van der Waals surface area (Å²) < 4.78 is 0. The number of anilines is 1. The van der Waals surface area contributed by atoms with Gasteiger partial charge in [-0.2, -0.15) is 0 Å². The molecule has 0 spiro atoms. The van der Waals surface area contributed by atoms with E-state index in [1.54, 1.807) is 6.07 Å². The van der Waals surface area contributed by atoms with Crippen LogP contribution in [0.3, 0.4) is 0 Å². The number of pyridine rings is 1. The molecule has 98 valence electrons. The molecule has 0 radical (unpaired) electrons. The summed E-state index contributed by atoms with van der Waals surface area (Å²) in [5.41, 5.74) is -0.0399. The van der Waals surface area contributed by atoms with Crippen molar-refractivity contribution in [2.24, 2.45) is 5.41 Å². The third kappa shape index (κ3) is 4.40. The minimum Gasteiger partial charge on any atom is -0.476 e. The molecule has 6 heteroatoms. The highest BCUT2D eigenvalue weighted by Crippen LogP contribution is 2.13. The maximum absolute atomic E-state index is 11.6. The Labute approximate surface area is 105 Å². The van der Waals surface area contributed by atoms with E-state index in [0.29, 0.717) is 6.54 Å². The zero-order valence-electron chi connectivity index (χ0n) is 10.7. The number of hydrogen-bond acceptors (Lipinski definition) is 3. The van der Waals surface area contributed by atoms with Gasteiger partial charge >= 0.3 is 12.0 Å². The molecule has 0 unspecified atom stereocenters.